The summed E-state index contributed by atoms with van der Waals surface area (Å²) in [5.41, 5.74) is 3.57. The van der Waals surface area contributed by atoms with E-state index in [9.17, 15) is 24.6 Å². The molecule has 0 saturated heterocycles. The predicted octanol–water partition coefficient (Wildman–Crippen LogP) is 5.38. The van der Waals surface area contributed by atoms with Crippen molar-refractivity contribution in [3.63, 3.8) is 0 Å². The van der Waals surface area contributed by atoms with E-state index in [1.807, 2.05) is 42.5 Å². The summed E-state index contributed by atoms with van der Waals surface area (Å²) >= 11 is 0. The van der Waals surface area contributed by atoms with Crippen molar-refractivity contribution in [1.82, 2.24) is 10.2 Å². The number of rotatable bonds is 15. The van der Waals surface area contributed by atoms with Gasteiger partial charge in [0.2, 0.25) is 0 Å². The molecule has 234 valence electrons. The van der Waals surface area contributed by atoms with E-state index in [4.69, 9.17) is 9.47 Å². The van der Waals surface area contributed by atoms with Gasteiger partial charge in [-0.05, 0) is 59.4 Å². The molecule has 0 heterocycles. The van der Waals surface area contributed by atoms with E-state index < -0.39 is 12.0 Å². The van der Waals surface area contributed by atoms with Crippen LogP contribution in [0.4, 0.5) is 0 Å². The third-order valence-electron chi connectivity index (χ3n) is 7.51. The minimum atomic E-state index is -1.01. The van der Waals surface area contributed by atoms with E-state index in [0.29, 0.717) is 46.6 Å². The quantitative estimate of drug-likeness (QED) is 0.165. The molecule has 4 aromatic rings. The average Bonchev–Trinajstić information content (AvgIpc) is 3.07. The van der Waals surface area contributed by atoms with Crippen LogP contribution in [0.3, 0.4) is 0 Å². The molecular weight excluding hydrogens is 572 g/mol. The van der Waals surface area contributed by atoms with E-state index in [1.165, 1.54) is 4.90 Å². The smallest absolute Gasteiger partial charge is 0.305 e. The lowest BCUT2D eigenvalue weighted by molar-refractivity contribution is -0.137. The Hall–Kier alpha value is -5.15. The van der Waals surface area contributed by atoms with E-state index in [1.54, 1.807) is 68.8 Å². The largest absolute Gasteiger partial charge is 0.497 e. The number of carbonyl (C=O) groups is 3. The Morgan fingerprint density at radius 2 is 1.36 bits per heavy atom. The molecule has 0 aliphatic rings. The number of amides is 2. The first-order valence-corrected chi connectivity index (χ1v) is 14.7. The molecule has 0 spiro atoms. The van der Waals surface area contributed by atoms with E-state index >= 15 is 0 Å². The number of carboxylic acids is 1. The van der Waals surface area contributed by atoms with Crippen molar-refractivity contribution in [2.75, 3.05) is 33.9 Å². The fourth-order valence-corrected chi connectivity index (χ4v) is 5.18. The first-order valence-electron chi connectivity index (χ1n) is 14.7. The van der Waals surface area contributed by atoms with Gasteiger partial charge in [-0.1, -0.05) is 66.7 Å². The lowest BCUT2D eigenvalue weighted by atomic mass is 9.93. The zero-order chi connectivity index (χ0) is 32.2. The number of aliphatic hydroxyl groups is 1. The van der Waals surface area contributed by atoms with Gasteiger partial charge in [-0.3, -0.25) is 14.4 Å². The van der Waals surface area contributed by atoms with Gasteiger partial charge in [0.25, 0.3) is 11.8 Å². The predicted molar refractivity (Wildman–Crippen MR) is 172 cm³/mol. The summed E-state index contributed by atoms with van der Waals surface area (Å²) in [5.74, 6) is -0.478. The highest BCUT2D eigenvalue weighted by Crippen LogP contribution is 2.30. The topological polar surface area (TPSA) is 125 Å². The first-order chi connectivity index (χ1) is 21.8. The molecule has 0 aromatic heterocycles. The van der Waals surface area contributed by atoms with Crippen LogP contribution in [0.25, 0.3) is 11.1 Å². The molecule has 0 aliphatic heterocycles. The maximum Gasteiger partial charge on any atom is 0.305 e. The van der Waals surface area contributed by atoms with Gasteiger partial charge in [-0.25, -0.2) is 0 Å². The summed E-state index contributed by atoms with van der Waals surface area (Å²) < 4.78 is 10.7. The SMILES string of the molecule is COc1cc(CCN(CCC(=O)O)C(=O)c2ccccc2-c2ccccc2C(=O)NC(CCO)c2ccccc2)cc(OC)c1. The van der Waals surface area contributed by atoms with Gasteiger partial charge in [-0.15, -0.1) is 0 Å². The van der Waals surface area contributed by atoms with Crippen molar-refractivity contribution < 1.29 is 34.1 Å². The number of benzene rings is 4. The summed E-state index contributed by atoms with van der Waals surface area (Å²) in [6.45, 7) is 0.151. The fraction of sp³-hybridized carbons (Fsp3) is 0.250. The molecule has 0 bridgehead atoms. The molecule has 0 fully saturated rings. The molecule has 2 amide bonds. The van der Waals surface area contributed by atoms with Gasteiger partial charge in [0.05, 0.1) is 26.7 Å². The zero-order valence-corrected chi connectivity index (χ0v) is 25.4. The molecule has 1 atom stereocenters. The van der Waals surface area contributed by atoms with Crippen LogP contribution in [0.5, 0.6) is 11.5 Å². The number of aliphatic hydroxyl groups excluding tert-OH is 1. The van der Waals surface area contributed by atoms with Gasteiger partial charge in [0.1, 0.15) is 11.5 Å². The third kappa shape index (κ3) is 8.70. The molecule has 45 heavy (non-hydrogen) atoms. The van der Waals surface area contributed by atoms with Gasteiger partial charge >= 0.3 is 5.97 Å². The van der Waals surface area contributed by atoms with Crippen molar-refractivity contribution in [2.45, 2.75) is 25.3 Å². The lowest BCUT2D eigenvalue weighted by Gasteiger charge is -2.24. The number of hydrogen-bond acceptors (Lipinski definition) is 6. The second-order valence-corrected chi connectivity index (χ2v) is 10.4. The molecule has 3 N–H and O–H groups in total. The normalized spacial score (nSPS) is 11.4. The van der Waals surface area contributed by atoms with Crippen molar-refractivity contribution in [2.24, 2.45) is 0 Å². The summed E-state index contributed by atoms with van der Waals surface area (Å²) in [7, 11) is 3.12. The van der Waals surface area contributed by atoms with Crippen LogP contribution in [0.1, 0.15) is 50.7 Å². The molecule has 0 saturated carbocycles. The second-order valence-electron chi connectivity index (χ2n) is 10.4. The maximum absolute atomic E-state index is 14.1. The second kappa shape index (κ2) is 16.1. The molecular formula is C36H38N2O7. The van der Waals surface area contributed by atoms with Crippen LogP contribution >= 0.6 is 0 Å². The summed E-state index contributed by atoms with van der Waals surface area (Å²) in [6.07, 6.45) is 0.552. The van der Waals surface area contributed by atoms with Gasteiger partial charge in [0, 0.05) is 36.9 Å². The van der Waals surface area contributed by atoms with Crippen LogP contribution in [0.15, 0.2) is 97.1 Å². The molecule has 1 unspecified atom stereocenters. The van der Waals surface area contributed by atoms with Crippen molar-refractivity contribution in [3.8, 4) is 22.6 Å². The number of hydrogen-bond donors (Lipinski definition) is 3. The Balaban J connectivity index is 1.65. The Kier molecular flexibility index (Phi) is 11.7. The molecule has 9 heteroatoms. The minimum absolute atomic E-state index is 0.00561. The van der Waals surface area contributed by atoms with Crippen LogP contribution in [-0.4, -0.2) is 66.8 Å². The van der Waals surface area contributed by atoms with Crippen molar-refractivity contribution in [1.29, 1.82) is 0 Å². The van der Waals surface area contributed by atoms with E-state index in [2.05, 4.69) is 5.32 Å². The Morgan fingerprint density at radius 1 is 0.778 bits per heavy atom. The van der Waals surface area contributed by atoms with E-state index in [-0.39, 0.29) is 37.9 Å². The lowest BCUT2D eigenvalue weighted by Crippen LogP contribution is -2.35. The first kappa shape index (κ1) is 32.8. The molecule has 4 rings (SSSR count). The van der Waals surface area contributed by atoms with Gasteiger partial charge in [-0.2, -0.15) is 0 Å². The van der Waals surface area contributed by atoms with Crippen molar-refractivity contribution in [3.05, 3.63) is 119 Å². The molecule has 0 radical (unpaired) electrons. The van der Waals surface area contributed by atoms with Crippen LogP contribution in [-0.2, 0) is 11.2 Å². The number of ether oxygens (including phenoxy) is 2. The highest BCUT2D eigenvalue weighted by atomic mass is 16.5. The Morgan fingerprint density at radius 3 is 1.96 bits per heavy atom. The minimum Gasteiger partial charge on any atom is -0.497 e. The molecule has 0 aliphatic carbocycles. The number of nitrogens with one attached hydrogen (secondary N) is 1. The number of nitrogens with zero attached hydrogens (tertiary/aromatic N) is 1. The Labute approximate surface area is 263 Å². The maximum atomic E-state index is 14.1. The molecule has 4 aromatic carbocycles. The average molecular weight is 611 g/mol. The number of carbonyl (C=O) groups excluding carboxylic acids is 2. The Bertz CT molecular complexity index is 1580. The zero-order valence-electron chi connectivity index (χ0n) is 25.4. The highest BCUT2D eigenvalue weighted by Gasteiger charge is 2.24. The van der Waals surface area contributed by atoms with Crippen LogP contribution in [0, 0.1) is 0 Å². The van der Waals surface area contributed by atoms with Gasteiger partial charge in [0.15, 0.2) is 0 Å². The summed E-state index contributed by atoms with van der Waals surface area (Å²) in [5, 5.41) is 22.1. The summed E-state index contributed by atoms with van der Waals surface area (Å²) in [4.78, 5) is 40.8. The number of carboxylic acid groups (broad SMARTS) is 1. The van der Waals surface area contributed by atoms with Crippen LogP contribution in [0.2, 0.25) is 0 Å². The van der Waals surface area contributed by atoms with Gasteiger partial charge < -0.3 is 29.9 Å². The molecule has 9 nitrogen and oxygen atoms in total. The third-order valence-corrected chi connectivity index (χ3v) is 7.51. The fourth-order valence-electron chi connectivity index (χ4n) is 5.18. The van der Waals surface area contributed by atoms with Crippen molar-refractivity contribution >= 4 is 17.8 Å². The number of methoxy groups -OCH3 is 2. The standard InChI is InChI=1S/C36H38N2O7/c1-44-27-22-25(23-28(24-27)45-2)16-19-38(20-17-34(40)41)36(43)32-15-9-7-13-30(32)29-12-6-8-14-31(29)35(42)37-33(18-21-39)26-10-4-3-5-11-26/h3-15,22-24,33,39H,16-21H2,1-2H3,(H,37,42)(H,40,41). The van der Waals surface area contributed by atoms with E-state index in [0.717, 1.165) is 11.1 Å². The van der Waals surface area contributed by atoms with Crippen LogP contribution < -0.4 is 14.8 Å². The summed E-state index contributed by atoms with van der Waals surface area (Å²) in [6, 6.07) is 28.5. The monoisotopic (exact) mass is 610 g/mol. The number of aliphatic carboxylic acids is 1. The highest BCUT2D eigenvalue weighted by molar-refractivity contribution is 6.06.